The van der Waals surface area contributed by atoms with Gasteiger partial charge in [0.25, 0.3) is 0 Å². The molecule has 2 atom stereocenters. The number of hydrogen-bond acceptors (Lipinski definition) is 3. The van der Waals surface area contributed by atoms with Gasteiger partial charge in [-0.2, -0.15) is 5.10 Å². The summed E-state index contributed by atoms with van der Waals surface area (Å²) in [6.07, 6.45) is 0.464. The van der Waals surface area contributed by atoms with Crippen LogP contribution in [0.4, 0.5) is 4.39 Å². The highest BCUT2D eigenvalue weighted by molar-refractivity contribution is 5.85. The fraction of sp³-hybridized carbons (Fsp3) is 0.421. The predicted octanol–water partition coefficient (Wildman–Crippen LogP) is 2.61. The predicted molar refractivity (Wildman–Crippen MR) is 95.2 cm³/mol. The highest BCUT2D eigenvalue weighted by atomic mass is 19.1. The molecule has 0 saturated carbocycles. The number of carbonyl (C=O) groups excluding carboxylic acids is 1. The molecule has 0 aliphatic heterocycles. The molecule has 2 rings (SSSR count). The minimum absolute atomic E-state index is 0.331. The number of nitrogens with one attached hydrogen (secondary N) is 1. The van der Waals surface area contributed by atoms with Gasteiger partial charge >= 0.3 is 5.97 Å². The zero-order valence-electron chi connectivity index (χ0n) is 15.6. The van der Waals surface area contributed by atoms with Crippen LogP contribution in [-0.2, 0) is 23.1 Å². The van der Waals surface area contributed by atoms with E-state index in [2.05, 4.69) is 10.4 Å². The second kappa shape index (κ2) is 7.68. The molecule has 0 aliphatic carbocycles. The van der Waals surface area contributed by atoms with E-state index in [1.807, 2.05) is 20.9 Å². The quantitative estimate of drug-likeness (QED) is 0.828. The van der Waals surface area contributed by atoms with Crippen LogP contribution in [0.5, 0.6) is 0 Å². The molecule has 0 bridgehead atoms. The fourth-order valence-electron chi connectivity index (χ4n) is 2.93. The topological polar surface area (TPSA) is 84.2 Å². The summed E-state index contributed by atoms with van der Waals surface area (Å²) in [5, 5.41) is 16.4. The molecular formula is C19H24FN3O3. The second-order valence-corrected chi connectivity index (χ2v) is 6.67. The SMILES string of the molecule is Cc1cc(C(NC(=O)C(C)Cc2c(C)nn(C)c2C)C(=O)O)ccc1F. The summed E-state index contributed by atoms with van der Waals surface area (Å²) in [4.78, 5) is 24.1. The third-order valence-corrected chi connectivity index (χ3v) is 4.67. The van der Waals surface area contributed by atoms with Crippen molar-refractivity contribution in [1.29, 1.82) is 0 Å². The summed E-state index contributed by atoms with van der Waals surface area (Å²) in [6, 6.07) is 2.80. The lowest BCUT2D eigenvalue weighted by molar-refractivity contribution is -0.142. The summed E-state index contributed by atoms with van der Waals surface area (Å²) in [5.74, 6) is -2.41. The molecule has 1 aromatic carbocycles. The molecule has 2 N–H and O–H groups in total. The van der Waals surface area contributed by atoms with Gasteiger partial charge in [0.1, 0.15) is 5.82 Å². The molecule has 0 fully saturated rings. The van der Waals surface area contributed by atoms with Crippen molar-refractivity contribution in [2.45, 2.75) is 40.2 Å². The first-order valence-corrected chi connectivity index (χ1v) is 8.40. The van der Waals surface area contributed by atoms with Gasteiger partial charge < -0.3 is 10.4 Å². The molecule has 1 amide bonds. The van der Waals surface area contributed by atoms with E-state index in [9.17, 15) is 19.1 Å². The second-order valence-electron chi connectivity index (χ2n) is 6.67. The fourth-order valence-corrected chi connectivity index (χ4v) is 2.93. The number of carbonyl (C=O) groups is 2. The third kappa shape index (κ3) is 4.09. The number of nitrogens with zero attached hydrogens (tertiary/aromatic N) is 2. The first kappa shape index (κ1) is 19.6. The van der Waals surface area contributed by atoms with E-state index >= 15 is 0 Å². The standard InChI is InChI=1S/C19H24FN3O3/c1-10-8-14(6-7-16(10)20)17(19(25)26)21-18(24)11(2)9-15-12(3)22-23(5)13(15)4/h6-8,11,17H,9H2,1-5H3,(H,21,24)(H,25,26). The summed E-state index contributed by atoms with van der Waals surface area (Å²) in [6.45, 7) is 7.11. The summed E-state index contributed by atoms with van der Waals surface area (Å²) in [5.41, 5.74) is 3.49. The Kier molecular flexibility index (Phi) is 5.79. The lowest BCUT2D eigenvalue weighted by Gasteiger charge is -2.19. The number of aliphatic carboxylic acids is 1. The van der Waals surface area contributed by atoms with E-state index in [1.165, 1.54) is 18.2 Å². The minimum atomic E-state index is -1.22. The van der Waals surface area contributed by atoms with Crippen molar-refractivity contribution in [3.8, 4) is 0 Å². The molecule has 1 heterocycles. The Morgan fingerprint density at radius 2 is 1.96 bits per heavy atom. The van der Waals surface area contributed by atoms with Gasteiger partial charge in [0.05, 0.1) is 5.69 Å². The Labute approximate surface area is 152 Å². The van der Waals surface area contributed by atoms with Gasteiger partial charge in [0, 0.05) is 18.7 Å². The zero-order chi connectivity index (χ0) is 19.6. The minimum Gasteiger partial charge on any atom is -0.479 e. The number of halogens is 1. The normalized spacial score (nSPS) is 13.3. The van der Waals surface area contributed by atoms with Crippen LogP contribution < -0.4 is 5.32 Å². The first-order valence-electron chi connectivity index (χ1n) is 8.40. The lowest BCUT2D eigenvalue weighted by Crippen LogP contribution is -2.37. The molecule has 2 aromatic rings. The average molecular weight is 361 g/mol. The molecule has 0 radical (unpaired) electrons. The van der Waals surface area contributed by atoms with Crippen LogP contribution >= 0.6 is 0 Å². The van der Waals surface area contributed by atoms with E-state index in [1.54, 1.807) is 18.5 Å². The molecule has 26 heavy (non-hydrogen) atoms. The molecule has 1 aromatic heterocycles. The van der Waals surface area contributed by atoms with Crippen LogP contribution in [-0.4, -0.2) is 26.8 Å². The molecular weight excluding hydrogens is 337 g/mol. The number of rotatable bonds is 6. The van der Waals surface area contributed by atoms with Crippen LogP contribution in [0.25, 0.3) is 0 Å². The first-order chi connectivity index (χ1) is 12.1. The third-order valence-electron chi connectivity index (χ3n) is 4.67. The summed E-state index contributed by atoms with van der Waals surface area (Å²) in [7, 11) is 1.84. The Morgan fingerprint density at radius 3 is 2.46 bits per heavy atom. The smallest absolute Gasteiger partial charge is 0.330 e. The average Bonchev–Trinajstić information content (AvgIpc) is 2.81. The monoisotopic (exact) mass is 361 g/mol. The number of aryl methyl sites for hydroxylation is 3. The number of amides is 1. The molecule has 2 unspecified atom stereocenters. The van der Waals surface area contributed by atoms with Gasteiger partial charge in [-0.1, -0.05) is 19.1 Å². The van der Waals surface area contributed by atoms with E-state index in [0.717, 1.165) is 17.0 Å². The number of carboxylic acid groups (broad SMARTS) is 1. The Bertz CT molecular complexity index is 845. The Morgan fingerprint density at radius 1 is 1.31 bits per heavy atom. The van der Waals surface area contributed by atoms with Crippen molar-refractivity contribution in [2.75, 3.05) is 0 Å². The van der Waals surface area contributed by atoms with Crippen molar-refractivity contribution in [3.63, 3.8) is 0 Å². The van der Waals surface area contributed by atoms with Crippen molar-refractivity contribution >= 4 is 11.9 Å². The summed E-state index contributed by atoms with van der Waals surface area (Å²) >= 11 is 0. The molecule has 6 nitrogen and oxygen atoms in total. The van der Waals surface area contributed by atoms with E-state index < -0.39 is 23.7 Å². The molecule has 0 saturated heterocycles. The van der Waals surface area contributed by atoms with E-state index in [4.69, 9.17) is 0 Å². The number of aromatic nitrogens is 2. The molecule has 0 spiro atoms. The Hall–Kier alpha value is -2.70. The molecule has 0 aliphatic rings. The number of carboxylic acids is 1. The van der Waals surface area contributed by atoms with Crippen molar-refractivity contribution in [2.24, 2.45) is 13.0 Å². The van der Waals surface area contributed by atoms with Gasteiger partial charge in [-0.15, -0.1) is 0 Å². The van der Waals surface area contributed by atoms with E-state index in [0.29, 0.717) is 17.5 Å². The van der Waals surface area contributed by atoms with Crippen molar-refractivity contribution < 1.29 is 19.1 Å². The van der Waals surface area contributed by atoms with Crippen LogP contribution in [0.1, 0.15) is 41.0 Å². The van der Waals surface area contributed by atoms with Gasteiger partial charge in [0.15, 0.2) is 6.04 Å². The van der Waals surface area contributed by atoms with Gasteiger partial charge in [-0.3, -0.25) is 9.48 Å². The molecule has 7 heteroatoms. The zero-order valence-corrected chi connectivity index (χ0v) is 15.6. The Balaban J connectivity index is 2.16. The van der Waals surface area contributed by atoms with Crippen LogP contribution in [0, 0.1) is 32.5 Å². The number of benzene rings is 1. The maximum Gasteiger partial charge on any atom is 0.330 e. The lowest BCUT2D eigenvalue weighted by atomic mass is 9.97. The maximum atomic E-state index is 13.4. The highest BCUT2D eigenvalue weighted by Gasteiger charge is 2.26. The van der Waals surface area contributed by atoms with Gasteiger partial charge in [0.2, 0.25) is 5.91 Å². The van der Waals surface area contributed by atoms with Gasteiger partial charge in [-0.05, 0) is 49.9 Å². The summed E-state index contributed by atoms with van der Waals surface area (Å²) < 4.78 is 15.2. The largest absolute Gasteiger partial charge is 0.479 e. The van der Waals surface area contributed by atoms with Crippen molar-refractivity contribution in [3.05, 3.63) is 52.1 Å². The highest BCUT2D eigenvalue weighted by Crippen LogP contribution is 2.20. The van der Waals surface area contributed by atoms with Crippen molar-refractivity contribution in [1.82, 2.24) is 15.1 Å². The van der Waals surface area contributed by atoms with Gasteiger partial charge in [-0.25, -0.2) is 9.18 Å². The van der Waals surface area contributed by atoms with Crippen LogP contribution in [0.2, 0.25) is 0 Å². The van der Waals surface area contributed by atoms with Crippen LogP contribution in [0.3, 0.4) is 0 Å². The molecule has 140 valence electrons. The van der Waals surface area contributed by atoms with E-state index in [-0.39, 0.29) is 5.91 Å². The maximum absolute atomic E-state index is 13.4. The van der Waals surface area contributed by atoms with Crippen LogP contribution in [0.15, 0.2) is 18.2 Å². The number of hydrogen-bond donors (Lipinski definition) is 2.